The fourth-order valence-electron chi connectivity index (χ4n) is 2.58. The lowest BCUT2D eigenvalue weighted by Crippen LogP contribution is -2.27. The molecule has 2 N–H and O–H groups in total. The second-order valence-electron chi connectivity index (χ2n) is 5.79. The molecule has 0 atom stereocenters. The van der Waals surface area contributed by atoms with Gasteiger partial charge in [0.05, 0.1) is 0 Å². The number of hydrogen-bond donors (Lipinski definition) is 2. The van der Waals surface area contributed by atoms with Gasteiger partial charge in [-0.15, -0.1) is 11.3 Å². The van der Waals surface area contributed by atoms with Crippen molar-refractivity contribution in [1.29, 1.82) is 0 Å². The Morgan fingerprint density at radius 2 is 2.00 bits per heavy atom. The fraction of sp³-hybridized carbons (Fsp3) is 0.312. The highest BCUT2D eigenvalue weighted by atomic mass is 32.2. The first kappa shape index (κ1) is 17.1. The second kappa shape index (κ2) is 6.64. The number of carbonyl (C=O) groups is 1. The van der Waals surface area contributed by atoms with Crippen molar-refractivity contribution < 1.29 is 13.2 Å². The number of fused-ring (bicyclic) bond motifs is 1. The van der Waals surface area contributed by atoms with Gasteiger partial charge in [0, 0.05) is 33.7 Å². The summed E-state index contributed by atoms with van der Waals surface area (Å²) < 4.78 is 25.6. The van der Waals surface area contributed by atoms with Gasteiger partial charge in [-0.2, -0.15) is 0 Å². The Morgan fingerprint density at radius 1 is 1.25 bits per heavy atom. The largest absolute Gasteiger partial charge is 0.347 e. The molecule has 1 aliphatic heterocycles. The standard InChI is InChI=1S/C16H19N3O3S2/c1-19(2)24(21,22)14-5-6-23-15(14)16(20)18-8-11-3-4-12-9-17-10-13(12)7-11/h3-7,17H,8-10H2,1-2H3,(H,18,20). The Morgan fingerprint density at radius 3 is 2.75 bits per heavy atom. The van der Waals surface area contributed by atoms with E-state index < -0.39 is 10.0 Å². The van der Waals surface area contributed by atoms with E-state index in [0.29, 0.717) is 6.54 Å². The lowest BCUT2D eigenvalue weighted by Gasteiger charge is -2.12. The fourth-order valence-corrected chi connectivity index (χ4v) is 4.79. The Bertz CT molecular complexity index is 872. The van der Waals surface area contributed by atoms with Crippen molar-refractivity contribution in [3.63, 3.8) is 0 Å². The van der Waals surface area contributed by atoms with Crippen molar-refractivity contribution >= 4 is 27.3 Å². The Balaban J connectivity index is 1.74. The van der Waals surface area contributed by atoms with Crippen LogP contribution in [0, 0.1) is 0 Å². The zero-order chi connectivity index (χ0) is 17.3. The summed E-state index contributed by atoms with van der Waals surface area (Å²) in [6.07, 6.45) is 0. The predicted molar refractivity (Wildman–Crippen MR) is 93.3 cm³/mol. The van der Waals surface area contributed by atoms with E-state index in [4.69, 9.17) is 0 Å². The summed E-state index contributed by atoms with van der Waals surface area (Å²) >= 11 is 1.13. The van der Waals surface area contributed by atoms with Crippen molar-refractivity contribution in [3.8, 4) is 0 Å². The molecule has 0 fully saturated rings. The molecule has 1 aromatic carbocycles. The molecular weight excluding hydrogens is 346 g/mol. The van der Waals surface area contributed by atoms with Gasteiger partial charge in [0.15, 0.2) is 0 Å². The van der Waals surface area contributed by atoms with Crippen LogP contribution in [0.4, 0.5) is 0 Å². The van der Waals surface area contributed by atoms with Crippen molar-refractivity contribution in [2.45, 2.75) is 24.5 Å². The van der Waals surface area contributed by atoms with Gasteiger partial charge >= 0.3 is 0 Å². The van der Waals surface area contributed by atoms with Gasteiger partial charge in [-0.25, -0.2) is 12.7 Å². The SMILES string of the molecule is CN(C)S(=O)(=O)c1ccsc1C(=O)NCc1ccc2c(c1)CNC2. The van der Waals surface area contributed by atoms with Gasteiger partial charge in [0.1, 0.15) is 9.77 Å². The van der Waals surface area contributed by atoms with Gasteiger partial charge in [-0.3, -0.25) is 4.79 Å². The summed E-state index contributed by atoms with van der Waals surface area (Å²) in [6, 6.07) is 7.58. The maximum absolute atomic E-state index is 12.4. The second-order valence-corrected chi connectivity index (χ2v) is 8.83. The van der Waals surface area contributed by atoms with Crippen LogP contribution in [0.1, 0.15) is 26.4 Å². The summed E-state index contributed by atoms with van der Waals surface area (Å²) in [5.74, 6) is -0.371. The third kappa shape index (κ3) is 3.23. The lowest BCUT2D eigenvalue weighted by molar-refractivity contribution is 0.0952. The van der Waals surface area contributed by atoms with E-state index in [1.54, 1.807) is 5.38 Å². The summed E-state index contributed by atoms with van der Waals surface area (Å²) in [5.41, 5.74) is 3.52. The minimum Gasteiger partial charge on any atom is -0.347 e. The Labute approximate surface area is 145 Å². The third-order valence-corrected chi connectivity index (χ3v) is 6.85. The number of nitrogens with one attached hydrogen (secondary N) is 2. The van der Waals surface area contributed by atoms with Crippen LogP contribution in [0.25, 0.3) is 0 Å². The number of thiophene rings is 1. The van der Waals surface area contributed by atoms with E-state index in [9.17, 15) is 13.2 Å². The molecular formula is C16H19N3O3S2. The highest BCUT2D eigenvalue weighted by Crippen LogP contribution is 2.24. The Hall–Kier alpha value is -1.74. The molecule has 2 heterocycles. The molecule has 3 rings (SSSR count). The van der Waals surface area contributed by atoms with Crippen molar-refractivity contribution in [1.82, 2.24) is 14.9 Å². The molecule has 0 radical (unpaired) electrons. The molecule has 1 aromatic heterocycles. The van der Waals surface area contributed by atoms with Gasteiger partial charge in [-0.05, 0) is 28.1 Å². The van der Waals surface area contributed by atoms with Crippen LogP contribution in [0.15, 0.2) is 34.5 Å². The van der Waals surface area contributed by atoms with E-state index in [-0.39, 0.29) is 15.7 Å². The van der Waals surface area contributed by atoms with Gasteiger partial charge in [0.25, 0.3) is 5.91 Å². The molecule has 128 valence electrons. The number of nitrogens with zero attached hydrogens (tertiary/aromatic N) is 1. The average molecular weight is 365 g/mol. The van der Waals surface area contributed by atoms with Crippen LogP contribution in [0.2, 0.25) is 0 Å². The molecule has 8 heteroatoms. The van der Waals surface area contributed by atoms with Crippen molar-refractivity contribution in [2.75, 3.05) is 14.1 Å². The van der Waals surface area contributed by atoms with Crippen LogP contribution in [-0.2, 0) is 29.7 Å². The first-order chi connectivity index (χ1) is 11.4. The zero-order valence-corrected chi connectivity index (χ0v) is 15.1. The Kier molecular flexibility index (Phi) is 4.73. The molecule has 0 saturated carbocycles. The van der Waals surface area contributed by atoms with Crippen LogP contribution in [0.5, 0.6) is 0 Å². The summed E-state index contributed by atoms with van der Waals surface area (Å²) in [4.78, 5) is 12.7. The maximum atomic E-state index is 12.4. The highest BCUT2D eigenvalue weighted by molar-refractivity contribution is 7.89. The quantitative estimate of drug-likeness (QED) is 0.842. The minimum absolute atomic E-state index is 0.0492. The summed E-state index contributed by atoms with van der Waals surface area (Å²) in [6.45, 7) is 2.08. The zero-order valence-electron chi connectivity index (χ0n) is 13.5. The maximum Gasteiger partial charge on any atom is 0.263 e. The number of hydrogen-bond acceptors (Lipinski definition) is 5. The van der Waals surface area contributed by atoms with Crippen LogP contribution in [-0.4, -0.2) is 32.7 Å². The molecule has 6 nitrogen and oxygen atoms in total. The molecule has 0 unspecified atom stereocenters. The first-order valence-corrected chi connectivity index (χ1v) is 9.81. The van der Waals surface area contributed by atoms with Gasteiger partial charge in [-0.1, -0.05) is 18.2 Å². The normalized spacial score (nSPS) is 14.0. The molecule has 0 aliphatic carbocycles. The van der Waals surface area contributed by atoms with Crippen molar-refractivity contribution in [2.24, 2.45) is 0 Å². The number of amides is 1. The summed E-state index contributed by atoms with van der Waals surface area (Å²) in [5, 5.41) is 7.71. The van der Waals surface area contributed by atoms with Crippen LogP contribution >= 0.6 is 11.3 Å². The number of carbonyl (C=O) groups excluding carboxylic acids is 1. The molecule has 2 aromatic rings. The smallest absolute Gasteiger partial charge is 0.263 e. The van der Waals surface area contributed by atoms with Crippen LogP contribution < -0.4 is 10.6 Å². The molecule has 1 amide bonds. The minimum atomic E-state index is -3.63. The van der Waals surface area contributed by atoms with E-state index in [1.807, 2.05) is 6.07 Å². The van der Waals surface area contributed by atoms with Crippen molar-refractivity contribution in [3.05, 3.63) is 51.2 Å². The highest BCUT2D eigenvalue weighted by Gasteiger charge is 2.25. The molecule has 0 spiro atoms. The monoisotopic (exact) mass is 365 g/mol. The van der Waals surface area contributed by atoms with E-state index in [1.165, 1.54) is 31.3 Å². The lowest BCUT2D eigenvalue weighted by atomic mass is 10.1. The topological polar surface area (TPSA) is 78.5 Å². The average Bonchev–Trinajstić information content (AvgIpc) is 3.20. The summed E-state index contributed by atoms with van der Waals surface area (Å²) in [7, 11) is -0.722. The number of sulfonamides is 1. The van der Waals surface area contributed by atoms with E-state index >= 15 is 0 Å². The van der Waals surface area contributed by atoms with Gasteiger partial charge < -0.3 is 10.6 Å². The molecule has 0 bridgehead atoms. The van der Waals surface area contributed by atoms with E-state index in [0.717, 1.165) is 34.3 Å². The van der Waals surface area contributed by atoms with E-state index in [2.05, 4.69) is 22.8 Å². The third-order valence-electron chi connectivity index (χ3n) is 3.95. The molecule has 0 saturated heterocycles. The predicted octanol–water partition coefficient (Wildman–Crippen LogP) is 1.53. The molecule has 24 heavy (non-hydrogen) atoms. The number of benzene rings is 1. The van der Waals surface area contributed by atoms with Crippen LogP contribution in [0.3, 0.4) is 0 Å². The first-order valence-electron chi connectivity index (χ1n) is 7.49. The molecule has 1 aliphatic rings. The van der Waals surface area contributed by atoms with Gasteiger partial charge in [0.2, 0.25) is 10.0 Å². The number of rotatable bonds is 5.